The van der Waals surface area contributed by atoms with E-state index in [0.29, 0.717) is 11.7 Å². The zero-order chi connectivity index (χ0) is 22.0. The van der Waals surface area contributed by atoms with E-state index >= 15 is 0 Å². The zero-order valence-electron chi connectivity index (χ0n) is 16.4. The molecule has 1 heterocycles. The highest BCUT2D eigenvalue weighted by molar-refractivity contribution is 5.76. The predicted octanol–water partition coefficient (Wildman–Crippen LogP) is 1.69. The van der Waals surface area contributed by atoms with Gasteiger partial charge >= 0.3 is 5.97 Å². The first-order valence-corrected chi connectivity index (χ1v) is 9.36. The lowest BCUT2D eigenvalue weighted by atomic mass is 10.1. The number of oxazole rings is 1. The quantitative estimate of drug-likeness (QED) is 0.374. The van der Waals surface area contributed by atoms with Gasteiger partial charge in [-0.2, -0.15) is 0 Å². The van der Waals surface area contributed by atoms with Crippen molar-refractivity contribution in [2.24, 2.45) is 5.73 Å². The fourth-order valence-electron chi connectivity index (χ4n) is 2.41. The molecular formula is C22H26N2O6. The molecule has 0 aliphatic carbocycles. The van der Waals surface area contributed by atoms with Crippen LogP contribution in [0.4, 0.5) is 0 Å². The van der Waals surface area contributed by atoms with Crippen LogP contribution in [0.1, 0.15) is 12.3 Å². The maximum absolute atomic E-state index is 10.7. The maximum Gasteiger partial charge on any atom is 0.303 e. The number of aromatic nitrogens is 1. The molecule has 6 N–H and O–H groups in total. The van der Waals surface area contributed by atoms with Crippen LogP contribution in [-0.2, 0) is 11.2 Å². The van der Waals surface area contributed by atoms with E-state index in [1.165, 1.54) is 0 Å². The van der Waals surface area contributed by atoms with E-state index in [1.807, 2.05) is 60.7 Å². The van der Waals surface area contributed by atoms with Crippen LogP contribution in [0.2, 0.25) is 0 Å². The number of hydrogen-bond acceptors (Lipinski definition) is 7. The Morgan fingerprint density at radius 1 is 0.900 bits per heavy atom. The summed E-state index contributed by atoms with van der Waals surface area (Å²) in [5, 5.41) is 33.8. The molecule has 3 aromatic rings. The van der Waals surface area contributed by atoms with Crippen molar-refractivity contribution in [3.63, 3.8) is 0 Å². The van der Waals surface area contributed by atoms with E-state index < -0.39 is 31.3 Å². The topological polar surface area (TPSA) is 150 Å². The standard InChI is InChI=1S/C18H15NO3.C4H11NO3/c20-16(21)12-11-15-19-17(13-7-3-1-4-8-13)18(22-15)14-9-5-2-6-10-14;5-4(1-6,2-7)3-8/h1-10H,11-12H2,(H,20,21);6-8H,1-3,5H2. The molecule has 0 saturated carbocycles. The number of nitrogens with two attached hydrogens (primary N) is 1. The molecule has 0 atom stereocenters. The number of nitrogens with zero attached hydrogens (tertiary/aromatic N) is 1. The van der Waals surface area contributed by atoms with Crippen molar-refractivity contribution in [1.82, 2.24) is 4.98 Å². The van der Waals surface area contributed by atoms with E-state index in [9.17, 15) is 4.79 Å². The van der Waals surface area contributed by atoms with Gasteiger partial charge in [-0.05, 0) is 0 Å². The molecule has 0 amide bonds. The van der Waals surface area contributed by atoms with Crippen LogP contribution in [0.5, 0.6) is 0 Å². The van der Waals surface area contributed by atoms with Gasteiger partial charge in [0.2, 0.25) is 0 Å². The summed E-state index contributed by atoms with van der Waals surface area (Å²) in [5.41, 5.74) is 6.56. The van der Waals surface area contributed by atoms with Gasteiger partial charge in [0, 0.05) is 17.5 Å². The molecular weight excluding hydrogens is 388 g/mol. The highest BCUT2D eigenvalue weighted by atomic mass is 16.4. The molecule has 160 valence electrons. The molecule has 3 rings (SSSR count). The van der Waals surface area contributed by atoms with Crippen molar-refractivity contribution in [2.75, 3.05) is 19.8 Å². The molecule has 0 saturated heterocycles. The van der Waals surface area contributed by atoms with Crippen molar-refractivity contribution >= 4 is 5.97 Å². The number of hydrogen-bond donors (Lipinski definition) is 5. The smallest absolute Gasteiger partial charge is 0.303 e. The van der Waals surface area contributed by atoms with E-state index in [2.05, 4.69) is 4.98 Å². The zero-order valence-corrected chi connectivity index (χ0v) is 16.4. The number of aliphatic carboxylic acids is 1. The van der Waals surface area contributed by atoms with Gasteiger partial charge in [-0.25, -0.2) is 4.98 Å². The number of aryl methyl sites for hydroxylation is 1. The summed E-state index contributed by atoms with van der Waals surface area (Å²) in [4.78, 5) is 15.2. The number of carboxylic acid groups (broad SMARTS) is 1. The van der Waals surface area contributed by atoms with Crippen molar-refractivity contribution in [3.05, 3.63) is 66.6 Å². The third-order valence-corrected chi connectivity index (χ3v) is 4.25. The van der Waals surface area contributed by atoms with Crippen molar-refractivity contribution in [1.29, 1.82) is 0 Å². The molecule has 30 heavy (non-hydrogen) atoms. The first-order chi connectivity index (χ1) is 14.4. The lowest BCUT2D eigenvalue weighted by Gasteiger charge is -2.20. The summed E-state index contributed by atoms with van der Waals surface area (Å²) < 4.78 is 5.83. The molecule has 0 bridgehead atoms. The fourth-order valence-corrected chi connectivity index (χ4v) is 2.41. The van der Waals surface area contributed by atoms with Crippen LogP contribution in [0.15, 0.2) is 65.1 Å². The van der Waals surface area contributed by atoms with Crippen LogP contribution < -0.4 is 5.73 Å². The Balaban J connectivity index is 0.000000343. The van der Waals surface area contributed by atoms with Crippen LogP contribution in [0, 0.1) is 0 Å². The maximum atomic E-state index is 10.7. The average Bonchev–Trinajstić information content (AvgIpc) is 3.23. The highest BCUT2D eigenvalue weighted by Crippen LogP contribution is 2.32. The number of aliphatic hydroxyl groups is 3. The summed E-state index contributed by atoms with van der Waals surface area (Å²) in [7, 11) is 0. The molecule has 0 aliphatic rings. The Morgan fingerprint density at radius 3 is 1.83 bits per heavy atom. The van der Waals surface area contributed by atoms with Crippen molar-refractivity contribution < 1.29 is 29.6 Å². The highest BCUT2D eigenvalue weighted by Gasteiger charge is 2.20. The average molecular weight is 414 g/mol. The summed E-state index contributed by atoms with van der Waals surface area (Å²) >= 11 is 0. The minimum Gasteiger partial charge on any atom is -0.481 e. The minimum atomic E-state index is -1.21. The van der Waals surface area contributed by atoms with E-state index in [4.69, 9.17) is 30.6 Å². The van der Waals surface area contributed by atoms with E-state index in [0.717, 1.165) is 16.8 Å². The van der Waals surface area contributed by atoms with Gasteiger partial charge in [-0.15, -0.1) is 0 Å². The second-order valence-electron chi connectivity index (χ2n) is 6.75. The van der Waals surface area contributed by atoms with Crippen LogP contribution in [-0.4, -0.2) is 56.7 Å². The molecule has 0 radical (unpaired) electrons. The fraction of sp³-hybridized carbons (Fsp3) is 0.273. The second-order valence-corrected chi connectivity index (χ2v) is 6.75. The van der Waals surface area contributed by atoms with Gasteiger partial charge in [0.1, 0.15) is 5.69 Å². The molecule has 0 unspecified atom stereocenters. The predicted molar refractivity (Wildman–Crippen MR) is 112 cm³/mol. The summed E-state index contributed by atoms with van der Waals surface area (Å²) in [6.07, 6.45) is 0.283. The van der Waals surface area contributed by atoms with E-state index in [1.54, 1.807) is 0 Å². The molecule has 1 aromatic heterocycles. The van der Waals surface area contributed by atoms with Gasteiger partial charge in [-0.3, -0.25) is 4.79 Å². The number of carboxylic acids is 1. The number of rotatable bonds is 8. The normalized spacial score (nSPS) is 10.9. The SMILES string of the molecule is NC(CO)(CO)CO.O=C(O)CCc1nc(-c2ccccc2)c(-c2ccccc2)o1. The monoisotopic (exact) mass is 414 g/mol. The molecule has 8 heteroatoms. The lowest BCUT2D eigenvalue weighted by Crippen LogP contribution is -2.50. The van der Waals surface area contributed by atoms with Gasteiger partial charge in [0.15, 0.2) is 11.7 Å². The van der Waals surface area contributed by atoms with Crippen molar-refractivity contribution in [2.45, 2.75) is 18.4 Å². The summed E-state index contributed by atoms with van der Waals surface area (Å²) in [5.74, 6) is 0.257. The Kier molecular flexibility index (Phi) is 8.70. The van der Waals surface area contributed by atoms with Gasteiger partial charge in [-0.1, -0.05) is 60.7 Å². The number of carbonyl (C=O) groups is 1. The van der Waals surface area contributed by atoms with Crippen LogP contribution >= 0.6 is 0 Å². The Hall–Kier alpha value is -3.04. The Morgan fingerprint density at radius 2 is 1.40 bits per heavy atom. The molecule has 0 fully saturated rings. The lowest BCUT2D eigenvalue weighted by molar-refractivity contribution is -0.137. The minimum absolute atomic E-state index is 0.00295. The van der Waals surface area contributed by atoms with Gasteiger partial charge < -0.3 is 30.6 Å². The van der Waals surface area contributed by atoms with Gasteiger partial charge in [0.05, 0.1) is 31.8 Å². The second kappa shape index (κ2) is 11.2. The summed E-state index contributed by atoms with van der Waals surface area (Å²) in [6.45, 7) is -1.21. The number of aliphatic hydroxyl groups excluding tert-OH is 3. The molecule has 0 spiro atoms. The Labute approximate surface area is 174 Å². The first kappa shape index (κ1) is 23.2. The molecule has 8 nitrogen and oxygen atoms in total. The van der Waals surface area contributed by atoms with E-state index in [-0.39, 0.29) is 12.8 Å². The van der Waals surface area contributed by atoms with Crippen molar-refractivity contribution in [3.8, 4) is 22.6 Å². The molecule has 2 aromatic carbocycles. The largest absolute Gasteiger partial charge is 0.481 e. The third-order valence-electron chi connectivity index (χ3n) is 4.25. The first-order valence-electron chi connectivity index (χ1n) is 9.36. The molecule has 0 aliphatic heterocycles. The van der Waals surface area contributed by atoms with Gasteiger partial charge in [0.25, 0.3) is 0 Å². The Bertz CT molecular complexity index is 843. The number of benzene rings is 2. The van der Waals surface area contributed by atoms with Crippen LogP contribution in [0.3, 0.4) is 0 Å². The van der Waals surface area contributed by atoms with Crippen LogP contribution in [0.25, 0.3) is 22.6 Å². The summed E-state index contributed by atoms with van der Waals surface area (Å²) in [6, 6.07) is 19.5. The third kappa shape index (κ3) is 6.50.